The molecule has 1 fully saturated rings. The summed E-state index contributed by atoms with van der Waals surface area (Å²) in [5.74, 6) is 3.36. The summed E-state index contributed by atoms with van der Waals surface area (Å²) < 4.78 is 86.9. The van der Waals surface area contributed by atoms with Gasteiger partial charge >= 0.3 is 6.18 Å². The molecule has 0 bridgehead atoms. The first-order chi connectivity index (χ1) is 16.6. The zero-order valence-electron chi connectivity index (χ0n) is 20.8. The molecule has 1 aliphatic carbocycles. The molecule has 1 unspecified atom stereocenters. The molecule has 14 heteroatoms. The highest BCUT2D eigenvalue weighted by Crippen LogP contribution is 2.47. The molecule has 1 aliphatic rings. The number of rotatable bonds is 12. The van der Waals surface area contributed by atoms with Gasteiger partial charge in [-0.3, -0.25) is 19.5 Å². The van der Waals surface area contributed by atoms with Crippen molar-refractivity contribution in [1.29, 1.82) is 0 Å². The van der Waals surface area contributed by atoms with Gasteiger partial charge in [0.15, 0.2) is 0 Å². The van der Waals surface area contributed by atoms with Gasteiger partial charge in [-0.15, -0.1) is 5.10 Å². The second-order valence-corrected chi connectivity index (χ2v) is 9.93. The van der Waals surface area contributed by atoms with Gasteiger partial charge in [0.05, 0.1) is 23.8 Å². The van der Waals surface area contributed by atoms with Gasteiger partial charge in [-0.05, 0) is 40.0 Å². The summed E-state index contributed by atoms with van der Waals surface area (Å²) in [6, 6.07) is -1.60. The lowest BCUT2D eigenvalue weighted by atomic mass is 10.1. The quantitative estimate of drug-likeness (QED) is 0.102. The van der Waals surface area contributed by atoms with Crippen LogP contribution in [0.25, 0.3) is 0 Å². The van der Waals surface area contributed by atoms with Crippen LogP contribution in [-0.2, 0) is 9.53 Å². The number of hydrogen-bond acceptors (Lipinski definition) is 5. The number of hydrogen-bond donors (Lipinski definition) is 2. The number of nitrogens with one attached hydrogen (secondary N) is 1. The first-order valence-electron chi connectivity index (χ1n) is 11.7. The Morgan fingerprint density at radius 3 is 2.47 bits per heavy atom. The monoisotopic (exact) mass is 528 g/mol. The van der Waals surface area contributed by atoms with E-state index in [2.05, 4.69) is 15.4 Å². The lowest BCUT2D eigenvalue weighted by Crippen LogP contribution is -2.48. The highest BCUT2D eigenvalue weighted by Gasteiger charge is 2.51. The van der Waals surface area contributed by atoms with Crippen molar-refractivity contribution in [2.75, 3.05) is 25.0 Å². The van der Waals surface area contributed by atoms with Crippen molar-refractivity contribution < 1.29 is 35.9 Å². The van der Waals surface area contributed by atoms with Gasteiger partial charge in [-0.1, -0.05) is 13.3 Å². The summed E-state index contributed by atoms with van der Waals surface area (Å²) >= 11 is 0. The van der Waals surface area contributed by atoms with Crippen molar-refractivity contribution in [3.63, 3.8) is 0 Å². The third kappa shape index (κ3) is 8.95. The predicted octanol–water partition coefficient (Wildman–Crippen LogP) is 4.69. The van der Waals surface area contributed by atoms with E-state index < -0.39 is 66.0 Å². The number of nitrogens with zero attached hydrogens (tertiary/aromatic N) is 4. The van der Waals surface area contributed by atoms with Gasteiger partial charge in [-0.25, -0.2) is 14.6 Å². The van der Waals surface area contributed by atoms with Crippen molar-refractivity contribution in [1.82, 2.24) is 14.8 Å². The van der Waals surface area contributed by atoms with E-state index in [1.54, 1.807) is 0 Å². The van der Waals surface area contributed by atoms with Crippen molar-refractivity contribution >= 4 is 17.4 Å². The van der Waals surface area contributed by atoms with E-state index in [1.165, 1.54) is 0 Å². The van der Waals surface area contributed by atoms with E-state index in [4.69, 9.17) is 10.6 Å². The second kappa shape index (κ2) is 11.8. The molecule has 0 spiro atoms. The van der Waals surface area contributed by atoms with Crippen LogP contribution in [0.3, 0.4) is 0 Å². The van der Waals surface area contributed by atoms with E-state index in [-0.39, 0.29) is 18.2 Å². The molecule has 3 N–H and O–H groups in total. The average Bonchev–Trinajstić information content (AvgIpc) is 3.44. The van der Waals surface area contributed by atoms with Crippen LogP contribution in [0, 0.1) is 11.4 Å². The van der Waals surface area contributed by atoms with E-state index in [0.717, 1.165) is 10.9 Å². The summed E-state index contributed by atoms with van der Waals surface area (Å²) in [6.07, 6.45) is -5.63. The minimum absolute atomic E-state index is 0.0285. The second-order valence-electron chi connectivity index (χ2n) is 9.93. The summed E-state index contributed by atoms with van der Waals surface area (Å²) in [6.45, 7) is 5.79. The first kappa shape index (κ1) is 29.9. The first-order valence-corrected chi connectivity index (χ1v) is 11.7. The number of ether oxygens (including phenoxy) is 1. The Morgan fingerprint density at radius 2 is 1.97 bits per heavy atom. The number of amidine groups is 1. The molecule has 0 radical (unpaired) electrons. The highest BCUT2D eigenvalue weighted by molar-refractivity contribution is 5.97. The van der Waals surface area contributed by atoms with Crippen LogP contribution < -0.4 is 11.2 Å². The Labute approximate surface area is 206 Å². The van der Waals surface area contributed by atoms with Crippen LogP contribution in [0.15, 0.2) is 11.2 Å². The fourth-order valence-corrected chi connectivity index (χ4v) is 3.32. The Hall–Kier alpha value is -2.35. The van der Waals surface area contributed by atoms with Crippen LogP contribution in [0.2, 0.25) is 0 Å². The van der Waals surface area contributed by atoms with Gasteiger partial charge in [0.25, 0.3) is 5.95 Å². The molecular formula is C22H34F6N6O2. The van der Waals surface area contributed by atoms with Gasteiger partial charge in [0.1, 0.15) is 24.1 Å². The molecule has 1 saturated carbocycles. The molecule has 1 heterocycles. The fraction of sp³-hybridized carbons (Fsp3) is 0.773. The van der Waals surface area contributed by atoms with E-state index in [1.807, 2.05) is 27.7 Å². The molecular weight excluding hydrogens is 494 g/mol. The van der Waals surface area contributed by atoms with E-state index in [9.17, 15) is 31.1 Å². The summed E-state index contributed by atoms with van der Waals surface area (Å²) in [7, 11) is 0. The zero-order valence-corrected chi connectivity index (χ0v) is 20.8. The SMILES string of the molecule is CCCCN=C(C(CC(F)F)n1cc(NC(=O)C2(COC(C)(C)C)CC2)c(F)n1)N(N)CC(F)(F)F. The maximum absolute atomic E-state index is 14.7. The van der Waals surface area contributed by atoms with Crippen LogP contribution >= 0.6 is 0 Å². The third-order valence-corrected chi connectivity index (χ3v) is 5.50. The van der Waals surface area contributed by atoms with Crippen molar-refractivity contribution in [3.8, 4) is 0 Å². The fourth-order valence-electron chi connectivity index (χ4n) is 3.32. The van der Waals surface area contributed by atoms with E-state index in [0.29, 0.717) is 25.7 Å². The summed E-state index contributed by atoms with van der Waals surface area (Å²) in [5.41, 5.74) is -1.74. The average molecular weight is 529 g/mol. The van der Waals surface area contributed by atoms with Crippen LogP contribution in [-0.4, -0.2) is 64.4 Å². The number of alkyl halides is 5. The molecule has 0 aromatic carbocycles. The lowest BCUT2D eigenvalue weighted by molar-refractivity contribution is -0.138. The smallest absolute Gasteiger partial charge is 0.375 e. The Bertz CT molecular complexity index is 908. The molecule has 1 aromatic heterocycles. The van der Waals surface area contributed by atoms with Crippen molar-refractivity contribution in [3.05, 3.63) is 12.1 Å². The third-order valence-electron chi connectivity index (χ3n) is 5.50. The van der Waals surface area contributed by atoms with Gasteiger partial charge in [0.2, 0.25) is 12.3 Å². The predicted molar refractivity (Wildman–Crippen MR) is 122 cm³/mol. The van der Waals surface area contributed by atoms with Gasteiger partial charge in [-0.2, -0.15) is 17.6 Å². The van der Waals surface area contributed by atoms with Gasteiger partial charge in [0, 0.05) is 13.0 Å². The number of anilines is 1. The van der Waals surface area contributed by atoms with E-state index >= 15 is 0 Å². The topological polar surface area (TPSA) is 97.8 Å². The number of carbonyl (C=O) groups excluding carboxylic acids is 1. The molecule has 1 aromatic rings. The Morgan fingerprint density at radius 1 is 1.33 bits per heavy atom. The molecule has 0 aliphatic heterocycles. The number of amides is 1. The maximum atomic E-state index is 14.7. The molecule has 1 amide bonds. The lowest BCUT2D eigenvalue weighted by Gasteiger charge is -2.28. The number of aliphatic imine (C=N–C) groups is 1. The largest absolute Gasteiger partial charge is 0.407 e. The number of unbranched alkanes of at least 4 members (excludes halogenated alkanes) is 1. The molecule has 206 valence electrons. The number of carbonyl (C=O) groups is 1. The molecule has 8 nitrogen and oxygen atoms in total. The highest BCUT2D eigenvalue weighted by atomic mass is 19.4. The molecule has 0 saturated heterocycles. The minimum atomic E-state index is -4.74. The number of hydrazine groups is 1. The van der Waals surface area contributed by atoms with Crippen LogP contribution in [0.5, 0.6) is 0 Å². The number of halogens is 6. The van der Waals surface area contributed by atoms with Crippen LogP contribution in [0.1, 0.15) is 65.8 Å². The van der Waals surface area contributed by atoms with Gasteiger partial charge < -0.3 is 10.1 Å². The summed E-state index contributed by atoms with van der Waals surface area (Å²) in [4.78, 5) is 16.8. The Kier molecular flexibility index (Phi) is 9.79. The van der Waals surface area contributed by atoms with Crippen molar-refractivity contribution in [2.45, 2.75) is 84.0 Å². The summed E-state index contributed by atoms with van der Waals surface area (Å²) in [5, 5.41) is 6.19. The zero-order chi connectivity index (χ0) is 27.3. The minimum Gasteiger partial charge on any atom is -0.375 e. The maximum Gasteiger partial charge on any atom is 0.407 e. The Balaban J connectivity index is 2.32. The molecule has 36 heavy (non-hydrogen) atoms. The molecule has 1 atom stereocenters. The molecule has 2 rings (SSSR count). The number of nitrogens with two attached hydrogens (primary N) is 1. The van der Waals surface area contributed by atoms with Crippen molar-refractivity contribution in [2.24, 2.45) is 16.3 Å². The standard InChI is InChI=1S/C22H34F6N6O2/c1-5-6-9-30-18(33(29)12-22(26,27)28)15(10-16(23)24)34-11-14(17(25)32-34)31-19(35)21(7-8-21)13-36-20(2,3)4/h11,15-16H,5-10,12-13,29H2,1-4H3,(H,31,35). The number of aromatic nitrogens is 2. The normalized spacial score (nSPS) is 16.8. The van der Waals surface area contributed by atoms with Crippen LogP contribution in [0.4, 0.5) is 32.0 Å².